The quantitative estimate of drug-likeness (QED) is 0.216. The van der Waals surface area contributed by atoms with Crippen LogP contribution in [0.15, 0.2) is 24.3 Å². The first-order valence-electron chi connectivity index (χ1n) is 13.9. The van der Waals surface area contributed by atoms with Crippen LogP contribution in [0.25, 0.3) is 0 Å². The number of hydrogen-bond acceptors (Lipinski definition) is 10. The number of carboxylic acid groups (broad SMARTS) is 1. The molecule has 0 aromatic heterocycles. The maximum Gasteiger partial charge on any atom is 0.327 e. The Labute approximate surface area is 255 Å². The van der Waals surface area contributed by atoms with Crippen LogP contribution < -0.4 is 16.0 Å². The number of phenolic OH excluding ortho intramolecular Hbond substituents is 1. The van der Waals surface area contributed by atoms with E-state index in [4.69, 9.17) is 0 Å². The second kappa shape index (κ2) is 14.3. The van der Waals surface area contributed by atoms with Gasteiger partial charge < -0.3 is 41.1 Å². The molecule has 0 spiro atoms. The number of carbonyl (C=O) groups excluding carboxylic acids is 5. The third-order valence-electron chi connectivity index (χ3n) is 7.83. The van der Waals surface area contributed by atoms with E-state index in [0.717, 1.165) is 27.2 Å². The smallest absolute Gasteiger partial charge is 0.327 e. The molecular formula is C27H35N5O9S2. The summed E-state index contributed by atoms with van der Waals surface area (Å²) in [7, 11) is 2.19. The van der Waals surface area contributed by atoms with Gasteiger partial charge >= 0.3 is 5.97 Å². The van der Waals surface area contributed by atoms with E-state index in [-0.39, 0.29) is 29.7 Å². The van der Waals surface area contributed by atoms with E-state index in [1.165, 1.54) is 28.9 Å². The van der Waals surface area contributed by atoms with E-state index in [2.05, 4.69) is 16.0 Å². The summed E-state index contributed by atoms with van der Waals surface area (Å²) >= 11 is 0. The zero-order chi connectivity index (χ0) is 31.3. The number of fused-ring (bicyclic) bond motifs is 1. The number of aliphatic hydroxyl groups is 1. The maximum absolute atomic E-state index is 13.7. The van der Waals surface area contributed by atoms with Crippen molar-refractivity contribution < 1.29 is 44.1 Å². The number of carboxylic acids is 1. The van der Waals surface area contributed by atoms with Crippen molar-refractivity contribution in [1.29, 1.82) is 0 Å². The molecule has 5 amide bonds. The minimum atomic E-state index is -1.40. The number of nitrogens with one attached hydrogen (secondary N) is 3. The van der Waals surface area contributed by atoms with Gasteiger partial charge in [0.25, 0.3) is 0 Å². The van der Waals surface area contributed by atoms with Gasteiger partial charge in [-0.3, -0.25) is 24.0 Å². The minimum Gasteiger partial charge on any atom is -0.508 e. The Kier molecular flexibility index (Phi) is 10.8. The topological polar surface area (TPSA) is 206 Å². The van der Waals surface area contributed by atoms with Crippen LogP contribution in [0.1, 0.15) is 37.7 Å². The molecule has 234 valence electrons. The number of amides is 5. The van der Waals surface area contributed by atoms with Gasteiger partial charge in [-0.05, 0) is 37.0 Å². The molecular weight excluding hydrogens is 602 g/mol. The number of benzene rings is 1. The van der Waals surface area contributed by atoms with E-state index in [1.807, 2.05) is 0 Å². The van der Waals surface area contributed by atoms with E-state index in [1.54, 1.807) is 12.1 Å². The molecule has 4 rings (SSSR count). The van der Waals surface area contributed by atoms with Crippen LogP contribution in [-0.4, -0.2) is 122 Å². The number of phenols is 1. The molecule has 3 fully saturated rings. The number of aliphatic carboxylic acids is 1. The fourth-order valence-electron chi connectivity index (χ4n) is 5.62. The van der Waals surface area contributed by atoms with Crippen LogP contribution in [-0.2, 0) is 28.8 Å². The molecule has 0 bridgehead atoms. The van der Waals surface area contributed by atoms with Gasteiger partial charge in [0.2, 0.25) is 29.5 Å². The fraction of sp³-hybridized carbons (Fsp3) is 0.556. The van der Waals surface area contributed by atoms with Gasteiger partial charge in [-0.2, -0.15) is 0 Å². The number of hydrogen-bond donors (Lipinski definition) is 6. The Balaban J connectivity index is 1.58. The standard InChI is InChI=1S/C27H35N5O9S2/c1-14(34)31-10-8-17(15-4-6-16(35)7-5-15)22(31)25(38)29-19-12-42-43-13-20(27(40)41)30-24(37)21-3-2-9-32(21)26(39)18(11-33)28-23(19)36/h4-7,17-22,33,35H,2-3,8-13H2,1H3,(H,28,36)(H,29,38)(H,30,37)(H,40,41)/t17-,18+,19+,20+,21+,22-/m1/s1. The van der Waals surface area contributed by atoms with Gasteiger partial charge in [-0.25, -0.2) is 4.79 Å². The second-order valence-electron chi connectivity index (χ2n) is 10.6. The van der Waals surface area contributed by atoms with Gasteiger partial charge in [-0.15, -0.1) is 0 Å². The molecule has 3 aliphatic heterocycles. The van der Waals surface area contributed by atoms with E-state index in [0.29, 0.717) is 25.8 Å². The molecule has 6 atom stereocenters. The van der Waals surface area contributed by atoms with Gasteiger partial charge in [0, 0.05) is 37.4 Å². The summed E-state index contributed by atoms with van der Waals surface area (Å²) in [4.78, 5) is 80.3. The van der Waals surface area contributed by atoms with Crippen molar-refractivity contribution in [3.63, 3.8) is 0 Å². The van der Waals surface area contributed by atoms with Crippen LogP contribution in [0, 0.1) is 0 Å². The summed E-state index contributed by atoms with van der Waals surface area (Å²) in [5, 5.41) is 37.1. The van der Waals surface area contributed by atoms with Crippen LogP contribution in [0.4, 0.5) is 0 Å². The lowest BCUT2D eigenvalue weighted by molar-refractivity contribution is -0.145. The van der Waals surface area contributed by atoms with Gasteiger partial charge in [-0.1, -0.05) is 33.7 Å². The zero-order valence-electron chi connectivity index (χ0n) is 23.4. The second-order valence-corrected chi connectivity index (χ2v) is 13.2. The number of likely N-dealkylation sites (tertiary alicyclic amines) is 1. The predicted molar refractivity (Wildman–Crippen MR) is 157 cm³/mol. The lowest BCUT2D eigenvalue weighted by Crippen LogP contribution is -2.60. The van der Waals surface area contributed by atoms with Crippen LogP contribution in [0.2, 0.25) is 0 Å². The van der Waals surface area contributed by atoms with Crippen LogP contribution >= 0.6 is 21.6 Å². The molecule has 43 heavy (non-hydrogen) atoms. The highest BCUT2D eigenvalue weighted by molar-refractivity contribution is 8.76. The number of carbonyl (C=O) groups is 6. The fourth-order valence-corrected chi connectivity index (χ4v) is 7.94. The third-order valence-corrected chi connectivity index (χ3v) is 10.3. The van der Waals surface area contributed by atoms with E-state index < -0.39 is 72.3 Å². The number of aliphatic hydroxyl groups excluding tert-OH is 1. The first-order valence-corrected chi connectivity index (χ1v) is 16.4. The number of aromatic hydroxyl groups is 1. The van der Waals surface area contributed by atoms with E-state index in [9.17, 15) is 44.1 Å². The van der Waals surface area contributed by atoms with Gasteiger partial charge in [0.05, 0.1) is 6.61 Å². The molecule has 16 heteroatoms. The molecule has 3 saturated heterocycles. The SMILES string of the molecule is CC(=O)N1CC[C@H](c2ccc(O)cc2)[C@@H]1C(=O)N[C@H]1CSSC[C@@H](C(=O)O)NC(=O)[C@@H]2CCCN2C(=O)[C@H](CO)NC1=O. The lowest BCUT2D eigenvalue weighted by atomic mass is 9.91. The normalized spacial score (nSPS) is 28.8. The molecule has 0 saturated carbocycles. The molecule has 0 radical (unpaired) electrons. The van der Waals surface area contributed by atoms with Crippen molar-refractivity contribution in [3.05, 3.63) is 29.8 Å². The van der Waals surface area contributed by atoms with Crippen LogP contribution in [0.5, 0.6) is 5.75 Å². The summed E-state index contributed by atoms with van der Waals surface area (Å²) in [6, 6.07) is 0.553. The molecule has 1 aromatic carbocycles. The highest BCUT2D eigenvalue weighted by atomic mass is 33.1. The van der Waals surface area contributed by atoms with Gasteiger partial charge in [0.15, 0.2) is 0 Å². The Bertz CT molecular complexity index is 1250. The Morgan fingerprint density at radius 2 is 1.70 bits per heavy atom. The van der Waals surface area contributed by atoms with Crippen molar-refractivity contribution in [3.8, 4) is 5.75 Å². The Hall–Kier alpha value is -3.50. The average Bonchev–Trinajstić information content (AvgIpc) is 3.64. The number of nitrogens with zero attached hydrogens (tertiary/aromatic N) is 2. The number of rotatable bonds is 5. The average molecular weight is 638 g/mol. The van der Waals surface area contributed by atoms with Crippen molar-refractivity contribution >= 4 is 57.1 Å². The van der Waals surface area contributed by atoms with Crippen molar-refractivity contribution in [2.45, 2.75) is 62.3 Å². The highest BCUT2D eigenvalue weighted by Gasteiger charge is 2.43. The summed E-state index contributed by atoms with van der Waals surface area (Å²) in [6.45, 7) is 1.08. The first-order chi connectivity index (χ1) is 20.5. The summed E-state index contributed by atoms with van der Waals surface area (Å²) < 4.78 is 0. The summed E-state index contributed by atoms with van der Waals surface area (Å²) in [5.74, 6) is -4.70. The molecule has 14 nitrogen and oxygen atoms in total. The van der Waals surface area contributed by atoms with Crippen molar-refractivity contribution in [1.82, 2.24) is 25.8 Å². The molecule has 0 unspecified atom stereocenters. The lowest BCUT2D eigenvalue weighted by Gasteiger charge is -2.31. The largest absolute Gasteiger partial charge is 0.508 e. The highest BCUT2D eigenvalue weighted by Crippen LogP contribution is 2.35. The Morgan fingerprint density at radius 3 is 2.35 bits per heavy atom. The minimum absolute atomic E-state index is 0.0438. The van der Waals surface area contributed by atoms with Crippen molar-refractivity contribution in [2.75, 3.05) is 31.2 Å². The first kappa shape index (κ1) is 32.4. The Morgan fingerprint density at radius 1 is 1.00 bits per heavy atom. The maximum atomic E-state index is 13.7. The van der Waals surface area contributed by atoms with Crippen LogP contribution in [0.3, 0.4) is 0 Å². The summed E-state index contributed by atoms with van der Waals surface area (Å²) in [6.07, 6.45) is 1.25. The molecule has 1 aromatic rings. The van der Waals surface area contributed by atoms with Crippen molar-refractivity contribution in [2.24, 2.45) is 0 Å². The predicted octanol–water partition coefficient (Wildman–Crippen LogP) is -0.986. The molecule has 0 aliphatic carbocycles. The van der Waals surface area contributed by atoms with E-state index >= 15 is 0 Å². The summed E-state index contributed by atoms with van der Waals surface area (Å²) in [5.41, 5.74) is 0.731. The third kappa shape index (κ3) is 7.54. The zero-order valence-corrected chi connectivity index (χ0v) is 25.1. The monoisotopic (exact) mass is 637 g/mol. The van der Waals surface area contributed by atoms with Gasteiger partial charge in [0.1, 0.15) is 36.0 Å². The molecule has 6 N–H and O–H groups in total. The molecule has 3 aliphatic rings. The molecule has 3 heterocycles.